The van der Waals surface area contributed by atoms with Crippen LogP contribution in [0.15, 0.2) is 0 Å². The molecule has 1 aliphatic rings. The molecule has 0 atom stereocenters. The maximum absolute atomic E-state index is 10.1. The molecule has 1 aliphatic heterocycles. The van der Waals surface area contributed by atoms with Crippen molar-refractivity contribution in [3.63, 3.8) is 0 Å². The molecule has 1 N–H and O–H groups in total. The Kier molecular flexibility index (Phi) is 11.0. The zero-order valence-electron chi connectivity index (χ0n) is 18.4. The fourth-order valence-electron chi connectivity index (χ4n) is 3.44. The van der Waals surface area contributed by atoms with Crippen LogP contribution in [0.2, 0.25) is 0 Å². The lowest BCUT2D eigenvalue weighted by atomic mass is 9.80. The van der Waals surface area contributed by atoms with Gasteiger partial charge in [0.1, 0.15) is 0 Å². The molecule has 0 spiro atoms. The lowest BCUT2D eigenvalue weighted by Crippen LogP contribution is -2.60. The number of rotatable bonds is 8. The van der Waals surface area contributed by atoms with Gasteiger partial charge in [0.05, 0.1) is 19.3 Å². The Morgan fingerprint density at radius 1 is 1.08 bits per heavy atom. The van der Waals surface area contributed by atoms with E-state index in [0.717, 1.165) is 12.8 Å². The summed E-state index contributed by atoms with van der Waals surface area (Å²) in [5.74, 6) is 0. The maximum Gasteiger partial charge on any atom is 0.293 e. The summed E-state index contributed by atoms with van der Waals surface area (Å²) in [7, 11) is 0. The molecular formula is C21H43NO4. The van der Waals surface area contributed by atoms with Crippen LogP contribution < -0.4 is 0 Å². The molecule has 0 aliphatic carbocycles. The first kappa shape index (κ1) is 25.4. The number of hydrogen-bond donors (Lipinski definition) is 1. The fraction of sp³-hybridized carbons (Fsp3) is 0.952. The number of carbonyl (C=O) groups is 1. The molecule has 0 amide bonds. The first-order valence-electron chi connectivity index (χ1n) is 10.0. The van der Waals surface area contributed by atoms with Gasteiger partial charge in [-0.15, -0.1) is 0 Å². The molecular weight excluding hydrogens is 330 g/mol. The summed E-state index contributed by atoms with van der Waals surface area (Å²) in [6.07, 6.45) is 6.50. The molecule has 0 saturated carbocycles. The van der Waals surface area contributed by atoms with Gasteiger partial charge in [0, 0.05) is 17.5 Å². The molecule has 156 valence electrons. The van der Waals surface area contributed by atoms with E-state index in [1.54, 1.807) is 0 Å². The minimum absolute atomic E-state index is 0.134. The summed E-state index contributed by atoms with van der Waals surface area (Å²) < 4.78 is 10.4. The van der Waals surface area contributed by atoms with E-state index < -0.39 is 0 Å². The Hall–Kier alpha value is -0.650. The van der Waals surface area contributed by atoms with Gasteiger partial charge in [-0.05, 0) is 52.4 Å². The molecule has 0 aromatic carbocycles. The second-order valence-electron chi connectivity index (χ2n) is 9.82. The van der Waals surface area contributed by atoms with E-state index in [9.17, 15) is 10.0 Å². The fourth-order valence-corrected chi connectivity index (χ4v) is 3.44. The monoisotopic (exact) mass is 373 g/mol. The zero-order chi connectivity index (χ0) is 20.4. The summed E-state index contributed by atoms with van der Waals surface area (Å²) in [5, 5.41) is 11.6. The van der Waals surface area contributed by atoms with Crippen molar-refractivity contribution >= 4 is 6.47 Å². The molecule has 1 heterocycles. The highest BCUT2D eigenvalue weighted by molar-refractivity contribution is 5.36. The summed E-state index contributed by atoms with van der Waals surface area (Å²) in [4.78, 5) is 9.98. The van der Waals surface area contributed by atoms with E-state index in [1.807, 2.05) is 27.7 Å². The van der Waals surface area contributed by atoms with Crippen molar-refractivity contribution in [2.45, 2.75) is 111 Å². The molecule has 1 fully saturated rings. The predicted octanol–water partition coefficient (Wildman–Crippen LogP) is 5.20. The Labute approximate surface area is 161 Å². The number of nitrogens with zero attached hydrogens (tertiary/aromatic N) is 1. The number of unbranched alkanes of at least 4 members (excludes halogenated alkanes) is 1. The van der Waals surface area contributed by atoms with Crippen LogP contribution >= 0.6 is 0 Å². The van der Waals surface area contributed by atoms with Gasteiger partial charge in [-0.3, -0.25) is 4.79 Å². The van der Waals surface area contributed by atoms with Crippen LogP contribution in [0, 0.1) is 5.41 Å². The summed E-state index contributed by atoms with van der Waals surface area (Å²) in [5.41, 5.74) is -0.0204. The van der Waals surface area contributed by atoms with Crippen LogP contribution in [0.1, 0.15) is 93.9 Å². The Bertz CT molecular complexity index is 370. The predicted molar refractivity (Wildman–Crippen MR) is 106 cm³/mol. The van der Waals surface area contributed by atoms with Crippen LogP contribution in [0.5, 0.6) is 0 Å². The lowest BCUT2D eigenvalue weighted by molar-refractivity contribution is -0.261. The Morgan fingerprint density at radius 2 is 1.62 bits per heavy atom. The normalized spacial score (nSPS) is 20.2. The van der Waals surface area contributed by atoms with Crippen molar-refractivity contribution in [1.29, 1.82) is 0 Å². The van der Waals surface area contributed by atoms with Gasteiger partial charge >= 0.3 is 0 Å². The van der Waals surface area contributed by atoms with Crippen molar-refractivity contribution in [3.05, 3.63) is 0 Å². The molecule has 0 unspecified atom stereocenters. The van der Waals surface area contributed by atoms with E-state index >= 15 is 0 Å². The van der Waals surface area contributed by atoms with Crippen molar-refractivity contribution < 1.29 is 19.5 Å². The van der Waals surface area contributed by atoms with E-state index in [4.69, 9.17) is 4.74 Å². The van der Waals surface area contributed by atoms with Crippen molar-refractivity contribution in [2.24, 2.45) is 5.41 Å². The SMILES string of the molecule is CC1(C)CC(OCCCOC=O)CC(C)(C)N1O.CCCCC(C)(C)C. The molecule has 0 aromatic heterocycles. The molecule has 0 aromatic rings. The number of ether oxygens (including phenoxy) is 2. The molecule has 0 radical (unpaired) electrons. The van der Waals surface area contributed by atoms with Gasteiger partial charge in [0.2, 0.25) is 0 Å². The zero-order valence-corrected chi connectivity index (χ0v) is 18.4. The van der Waals surface area contributed by atoms with Gasteiger partial charge < -0.3 is 14.7 Å². The minimum Gasteiger partial charge on any atom is -0.468 e. The third kappa shape index (κ3) is 10.5. The number of hydrogen-bond acceptors (Lipinski definition) is 5. The summed E-state index contributed by atoms with van der Waals surface area (Å²) >= 11 is 0. The van der Waals surface area contributed by atoms with Crippen LogP contribution in [0.4, 0.5) is 0 Å². The molecule has 5 heteroatoms. The average molecular weight is 374 g/mol. The number of carbonyl (C=O) groups excluding carboxylic acids is 1. The minimum atomic E-state index is -0.286. The van der Waals surface area contributed by atoms with Gasteiger partial charge in [0.15, 0.2) is 0 Å². The van der Waals surface area contributed by atoms with Crippen LogP contribution in [-0.2, 0) is 14.3 Å². The van der Waals surface area contributed by atoms with Crippen LogP contribution in [0.3, 0.4) is 0 Å². The highest BCUT2D eigenvalue weighted by atomic mass is 16.5. The van der Waals surface area contributed by atoms with Gasteiger partial charge in [0.25, 0.3) is 6.47 Å². The molecule has 5 nitrogen and oxygen atoms in total. The largest absolute Gasteiger partial charge is 0.468 e. The molecule has 1 rings (SSSR count). The van der Waals surface area contributed by atoms with E-state index in [2.05, 4.69) is 32.4 Å². The van der Waals surface area contributed by atoms with E-state index in [0.29, 0.717) is 31.5 Å². The molecule has 0 bridgehead atoms. The highest BCUT2D eigenvalue weighted by Gasteiger charge is 2.45. The van der Waals surface area contributed by atoms with Crippen LogP contribution in [-0.4, -0.2) is 47.1 Å². The first-order chi connectivity index (χ1) is 11.9. The van der Waals surface area contributed by atoms with Crippen LogP contribution in [0.25, 0.3) is 0 Å². The second kappa shape index (κ2) is 11.3. The van der Waals surface area contributed by atoms with Gasteiger partial charge in [-0.1, -0.05) is 40.5 Å². The second-order valence-corrected chi connectivity index (χ2v) is 9.82. The highest BCUT2D eigenvalue weighted by Crippen LogP contribution is 2.37. The van der Waals surface area contributed by atoms with Crippen molar-refractivity contribution in [2.75, 3.05) is 13.2 Å². The van der Waals surface area contributed by atoms with Gasteiger partial charge in [-0.25, -0.2) is 0 Å². The number of piperidine rings is 1. The topological polar surface area (TPSA) is 59.0 Å². The quantitative estimate of drug-likeness (QED) is 0.468. The summed E-state index contributed by atoms with van der Waals surface area (Å²) in [6.45, 7) is 18.6. The smallest absolute Gasteiger partial charge is 0.293 e. The summed E-state index contributed by atoms with van der Waals surface area (Å²) in [6, 6.07) is 0. The Balaban J connectivity index is 0.000000660. The lowest BCUT2D eigenvalue weighted by Gasteiger charge is -2.51. The van der Waals surface area contributed by atoms with E-state index in [-0.39, 0.29) is 17.2 Å². The number of hydroxylamine groups is 2. The van der Waals surface area contributed by atoms with Crippen molar-refractivity contribution in [1.82, 2.24) is 5.06 Å². The maximum atomic E-state index is 10.1. The van der Waals surface area contributed by atoms with E-state index in [1.165, 1.54) is 24.3 Å². The average Bonchev–Trinajstić information content (AvgIpc) is 2.50. The Morgan fingerprint density at radius 3 is 2.00 bits per heavy atom. The third-order valence-corrected chi connectivity index (χ3v) is 4.71. The molecule has 26 heavy (non-hydrogen) atoms. The first-order valence-corrected chi connectivity index (χ1v) is 10.0. The standard InChI is InChI=1S/C13H25NO4.C8H18/c1-12(2)8-11(9-13(3,4)14(12)16)18-7-5-6-17-10-15;1-5-6-7-8(2,3)4/h10-11,16H,5-9H2,1-4H3;5-7H2,1-4H3. The van der Waals surface area contributed by atoms with Gasteiger partial charge in [-0.2, -0.15) is 5.06 Å². The molecule has 1 saturated heterocycles. The third-order valence-electron chi connectivity index (χ3n) is 4.71. The van der Waals surface area contributed by atoms with Crippen molar-refractivity contribution in [3.8, 4) is 0 Å².